The minimum absolute atomic E-state index is 0.0117. The number of halogens is 1. The number of aliphatic hydroxyl groups excluding tert-OH is 1. The molecule has 0 saturated heterocycles. The van der Waals surface area contributed by atoms with E-state index in [0.29, 0.717) is 11.8 Å². The van der Waals surface area contributed by atoms with Crippen LogP contribution in [0.3, 0.4) is 0 Å². The lowest BCUT2D eigenvalue weighted by Crippen LogP contribution is -2.53. The average molecular weight is 393 g/mol. The molecular weight excluding hydrogens is 363 g/mol. The Morgan fingerprint density at radius 1 is 1.30 bits per heavy atom. The van der Waals surface area contributed by atoms with Gasteiger partial charge in [-0.05, 0) is 74.2 Å². The molecule has 0 aromatic heterocycles. The zero-order valence-electron chi connectivity index (χ0n) is 16.3. The molecule has 0 unspecified atom stereocenters. The van der Waals surface area contributed by atoms with E-state index in [9.17, 15) is 19.1 Å². The van der Waals surface area contributed by atoms with Crippen LogP contribution in [0.5, 0.6) is 0 Å². The number of hydrogen-bond acceptors (Lipinski definition) is 4. The van der Waals surface area contributed by atoms with Crippen LogP contribution in [-0.4, -0.2) is 22.0 Å². The van der Waals surface area contributed by atoms with E-state index in [0.717, 1.165) is 49.4 Å². The third-order valence-electron chi connectivity index (χ3n) is 8.50. The monoisotopic (exact) mass is 392 g/mol. The van der Waals surface area contributed by atoms with E-state index in [1.54, 1.807) is 6.08 Å². The third kappa shape index (κ3) is 2.60. The van der Waals surface area contributed by atoms with Crippen molar-refractivity contribution in [3.63, 3.8) is 0 Å². The van der Waals surface area contributed by atoms with Gasteiger partial charge in [-0.3, -0.25) is 9.59 Å². The van der Waals surface area contributed by atoms with Gasteiger partial charge in [0.2, 0.25) is 0 Å². The van der Waals surface area contributed by atoms with Gasteiger partial charge in [0, 0.05) is 12.0 Å². The van der Waals surface area contributed by atoms with Crippen molar-refractivity contribution >= 4 is 22.7 Å². The lowest BCUT2D eigenvalue weighted by atomic mass is 9.47. The Labute approximate surface area is 164 Å². The quantitative estimate of drug-likeness (QED) is 0.699. The second-order valence-electron chi connectivity index (χ2n) is 9.53. The summed E-state index contributed by atoms with van der Waals surface area (Å²) in [6, 6.07) is -0.647. The molecule has 1 N–H and O–H groups in total. The number of ketones is 1. The maximum Gasteiger partial charge on any atom is 0.195 e. The summed E-state index contributed by atoms with van der Waals surface area (Å²) in [6.45, 7) is 6.44. The van der Waals surface area contributed by atoms with Gasteiger partial charge in [0.15, 0.2) is 10.9 Å². The van der Waals surface area contributed by atoms with Gasteiger partial charge in [-0.15, -0.1) is 0 Å². The lowest BCUT2D eigenvalue weighted by Gasteiger charge is -2.56. The zero-order valence-corrected chi connectivity index (χ0v) is 17.2. The summed E-state index contributed by atoms with van der Waals surface area (Å²) in [5.41, 5.74) is 0.465. The molecule has 4 aliphatic rings. The second kappa shape index (κ2) is 6.47. The highest BCUT2D eigenvalue weighted by molar-refractivity contribution is 8.13. The van der Waals surface area contributed by atoms with Crippen molar-refractivity contribution in [2.24, 2.45) is 40.4 Å². The largest absolute Gasteiger partial charge is 0.508 e. The van der Waals surface area contributed by atoms with Crippen molar-refractivity contribution in [1.82, 2.24) is 0 Å². The summed E-state index contributed by atoms with van der Waals surface area (Å²) in [4.78, 5) is 25.6. The van der Waals surface area contributed by atoms with Crippen LogP contribution in [0, 0.1) is 40.4 Å². The van der Waals surface area contributed by atoms with E-state index < -0.39 is 11.4 Å². The van der Waals surface area contributed by atoms with E-state index in [-0.39, 0.29) is 39.8 Å². The molecule has 0 spiro atoms. The molecule has 27 heavy (non-hydrogen) atoms. The predicted molar refractivity (Wildman–Crippen MR) is 105 cm³/mol. The fraction of sp³-hybridized carbons (Fsp3) is 0.727. The normalized spacial score (nSPS) is 46.1. The zero-order chi connectivity index (χ0) is 19.6. The Morgan fingerprint density at radius 3 is 2.74 bits per heavy atom. The van der Waals surface area contributed by atoms with E-state index in [1.807, 2.05) is 0 Å². The van der Waals surface area contributed by atoms with Crippen LogP contribution >= 0.6 is 11.8 Å². The van der Waals surface area contributed by atoms with Gasteiger partial charge in [-0.1, -0.05) is 31.2 Å². The number of hydrogen-bond donors (Lipinski definition) is 1. The number of carbonyl (C=O) groups excluding carboxylic acids is 2. The number of rotatable bonds is 2. The van der Waals surface area contributed by atoms with Crippen LogP contribution in [0.4, 0.5) is 4.39 Å². The molecule has 0 aromatic rings. The molecule has 5 heteroatoms. The Balaban J connectivity index is 1.68. The van der Waals surface area contributed by atoms with Crippen molar-refractivity contribution in [3.05, 3.63) is 23.5 Å². The maximum atomic E-state index is 12.9. The van der Waals surface area contributed by atoms with Crippen molar-refractivity contribution in [2.45, 2.75) is 52.9 Å². The Morgan fingerprint density at radius 2 is 2.04 bits per heavy atom. The number of allylic oxidation sites excluding steroid dienone is 3. The first-order chi connectivity index (χ1) is 12.7. The number of aliphatic hydroxyl groups is 1. The van der Waals surface area contributed by atoms with E-state index in [4.69, 9.17) is 0 Å². The van der Waals surface area contributed by atoms with E-state index >= 15 is 0 Å². The highest BCUT2D eigenvalue weighted by Gasteiger charge is 2.63. The highest BCUT2D eigenvalue weighted by Crippen LogP contribution is 2.67. The molecule has 3 fully saturated rings. The van der Waals surface area contributed by atoms with Crippen LogP contribution in [-0.2, 0) is 9.59 Å². The minimum Gasteiger partial charge on any atom is -0.508 e. The molecule has 0 aromatic carbocycles. The third-order valence-corrected chi connectivity index (χ3v) is 9.15. The first kappa shape index (κ1) is 19.2. The van der Waals surface area contributed by atoms with Crippen LogP contribution in [0.25, 0.3) is 0 Å². The Kier molecular flexibility index (Phi) is 4.60. The van der Waals surface area contributed by atoms with E-state index in [1.165, 1.54) is 6.08 Å². The maximum absolute atomic E-state index is 12.9. The highest BCUT2D eigenvalue weighted by atomic mass is 32.2. The summed E-state index contributed by atoms with van der Waals surface area (Å²) >= 11 is 0.830. The molecule has 0 aliphatic heterocycles. The number of alkyl halides is 1. The first-order valence-corrected chi connectivity index (χ1v) is 11.1. The smallest absolute Gasteiger partial charge is 0.195 e. The Bertz CT molecular complexity index is 744. The van der Waals surface area contributed by atoms with Crippen LogP contribution in [0.15, 0.2) is 23.5 Å². The summed E-state index contributed by atoms with van der Waals surface area (Å²) in [7, 11) is 0. The fourth-order valence-electron chi connectivity index (χ4n) is 7.30. The van der Waals surface area contributed by atoms with Gasteiger partial charge < -0.3 is 5.11 Å². The number of carbonyl (C=O) groups is 2. The van der Waals surface area contributed by atoms with Gasteiger partial charge in [0.1, 0.15) is 11.8 Å². The summed E-state index contributed by atoms with van der Waals surface area (Å²) in [5.74, 6) is 1.38. The summed E-state index contributed by atoms with van der Waals surface area (Å²) in [6.07, 6.45) is 7.86. The molecule has 3 saturated carbocycles. The molecule has 3 nitrogen and oxygen atoms in total. The van der Waals surface area contributed by atoms with Gasteiger partial charge in [0.25, 0.3) is 0 Å². The molecule has 0 bridgehead atoms. The van der Waals surface area contributed by atoms with E-state index in [2.05, 4.69) is 20.8 Å². The van der Waals surface area contributed by atoms with Gasteiger partial charge >= 0.3 is 0 Å². The predicted octanol–water partition coefficient (Wildman–Crippen LogP) is 5.23. The summed E-state index contributed by atoms with van der Waals surface area (Å²) < 4.78 is 12.8. The molecule has 7 atom stereocenters. The topological polar surface area (TPSA) is 54.4 Å². The molecule has 0 heterocycles. The molecule has 148 valence electrons. The minimum atomic E-state index is -0.647. The van der Waals surface area contributed by atoms with Crippen molar-refractivity contribution in [3.8, 4) is 0 Å². The molecule has 0 amide bonds. The molecular formula is C22H29FO3S. The van der Waals surface area contributed by atoms with Crippen molar-refractivity contribution in [1.29, 1.82) is 0 Å². The van der Waals surface area contributed by atoms with Gasteiger partial charge in [-0.2, -0.15) is 0 Å². The molecule has 4 rings (SSSR count). The van der Waals surface area contributed by atoms with Crippen molar-refractivity contribution < 1.29 is 19.1 Å². The Hall–Kier alpha value is -1.10. The first-order valence-electron chi connectivity index (χ1n) is 10.1. The number of thioether (sulfide) groups is 1. The summed E-state index contributed by atoms with van der Waals surface area (Å²) in [5, 5.41) is 9.91. The SMILES string of the molecule is C[C@@H]1C[C@H]2[C@@H]3CCC4=CC(O)=CC(=O)[C@]4(C)[C@H]3CC[C@]2(C)[C@H]1C(=O)SCF. The van der Waals surface area contributed by atoms with Crippen molar-refractivity contribution in [2.75, 3.05) is 6.01 Å². The number of fused-ring (bicyclic) bond motifs is 5. The lowest BCUT2D eigenvalue weighted by molar-refractivity contribution is -0.134. The average Bonchev–Trinajstić information content (AvgIpc) is 2.87. The van der Waals surface area contributed by atoms with Crippen LogP contribution in [0.1, 0.15) is 52.9 Å². The molecule has 4 aliphatic carbocycles. The second-order valence-corrected chi connectivity index (χ2v) is 10.4. The fourth-order valence-corrected chi connectivity index (χ4v) is 8.09. The standard InChI is InChI=1S/C22H29FO3S/c1-12-8-17-15-5-4-13-9-14(24)10-18(25)22(13,3)16(15)6-7-21(17,2)19(12)20(26)27-11-23/h9-10,12,15-17,19,24H,4-8,11H2,1-3H3/t12-,15-,16+,17+,19-,21+,22+/m1/s1. The van der Waals surface area contributed by atoms with Gasteiger partial charge in [0.05, 0.1) is 5.41 Å². The van der Waals surface area contributed by atoms with Gasteiger partial charge in [-0.25, -0.2) is 4.39 Å². The van der Waals surface area contributed by atoms with Crippen LogP contribution in [0.2, 0.25) is 0 Å². The van der Waals surface area contributed by atoms with Crippen LogP contribution < -0.4 is 0 Å². The molecule has 0 radical (unpaired) electrons.